The van der Waals surface area contributed by atoms with Crippen LogP contribution in [0.4, 0.5) is 5.82 Å². The fraction of sp³-hybridized carbons (Fsp3) is 0.308. The number of anilines is 1. The maximum absolute atomic E-state index is 9.93. The van der Waals surface area contributed by atoms with Crippen LogP contribution in [0.15, 0.2) is 54.6 Å². The lowest BCUT2D eigenvalue weighted by Crippen LogP contribution is -3.13. The van der Waals surface area contributed by atoms with Crippen LogP contribution in [0, 0.1) is 11.3 Å². The minimum Gasteiger partial charge on any atom is -0.346 e. The van der Waals surface area contributed by atoms with Crippen molar-refractivity contribution in [3.63, 3.8) is 0 Å². The number of hydrogen-bond donors (Lipinski definition) is 1. The number of nitrogens with one attached hydrogen (secondary N) is 1. The molecule has 0 spiro atoms. The topological polar surface area (TPSA) is 48.8 Å². The first-order valence-electron chi connectivity index (χ1n) is 11.3. The lowest BCUT2D eigenvalue weighted by atomic mass is 10.0. The Labute approximate surface area is 193 Å². The molecule has 2 aromatic carbocycles. The maximum Gasteiger partial charge on any atom is 0.157 e. The lowest BCUT2D eigenvalue weighted by Gasteiger charge is -2.34. The summed E-state index contributed by atoms with van der Waals surface area (Å²) in [7, 11) is 0. The number of piperazine rings is 1. The third kappa shape index (κ3) is 3.81. The summed E-state index contributed by atoms with van der Waals surface area (Å²) in [6.07, 6.45) is 1.89. The molecule has 162 valence electrons. The number of hydrogen-bond acceptors (Lipinski definition) is 3. The number of pyridine rings is 1. The number of para-hydroxylation sites is 2. The predicted molar refractivity (Wildman–Crippen MR) is 129 cm³/mol. The van der Waals surface area contributed by atoms with Gasteiger partial charge < -0.3 is 9.80 Å². The normalized spacial score (nSPS) is 14.8. The summed E-state index contributed by atoms with van der Waals surface area (Å²) in [4.78, 5) is 8.91. The van der Waals surface area contributed by atoms with Gasteiger partial charge in [-0.05, 0) is 42.3 Å². The van der Waals surface area contributed by atoms with Gasteiger partial charge in [0.05, 0.1) is 42.8 Å². The second kappa shape index (κ2) is 8.82. The van der Waals surface area contributed by atoms with E-state index in [0.29, 0.717) is 5.56 Å². The molecule has 1 fully saturated rings. The van der Waals surface area contributed by atoms with Gasteiger partial charge in [0, 0.05) is 10.6 Å². The largest absolute Gasteiger partial charge is 0.346 e. The average molecular weight is 445 g/mol. The van der Waals surface area contributed by atoms with Crippen molar-refractivity contribution in [1.82, 2.24) is 9.38 Å². The molecular formula is C26H27ClN5+. The fourth-order valence-electron chi connectivity index (χ4n) is 4.80. The molecule has 0 aliphatic carbocycles. The van der Waals surface area contributed by atoms with Crippen LogP contribution >= 0.6 is 11.6 Å². The van der Waals surface area contributed by atoms with Gasteiger partial charge in [0.1, 0.15) is 18.4 Å². The molecule has 1 aliphatic rings. The number of fused-ring (bicyclic) bond motifs is 3. The van der Waals surface area contributed by atoms with E-state index in [1.807, 2.05) is 30.3 Å². The quantitative estimate of drug-likeness (QED) is 0.508. The zero-order valence-corrected chi connectivity index (χ0v) is 19.1. The number of quaternary nitrogens is 1. The van der Waals surface area contributed by atoms with Crippen molar-refractivity contribution >= 4 is 34.1 Å². The van der Waals surface area contributed by atoms with Crippen LogP contribution in [0.5, 0.6) is 0 Å². The van der Waals surface area contributed by atoms with Crippen LogP contribution in [0.2, 0.25) is 5.02 Å². The van der Waals surface area contributed by atoms with Crippen LogP contribution in [-0.2, 0) is 13.0 Å². The average Bonchev–Trinajstić information content (AvgIpc) is 3.20. The molecular weight excluding hydrogens is 418 g/mol. The molecule has 0 bridgehead atoms. The Morgan fingerprint density at radius 3 is 2.56 bits per heavy atom. The Morgan fingerprint density at radius 2 is 1.84 bits per heavy atom. The second-order valence-electron chi connectivity index (χ2n) is 8.56. The van der Waals surface area contributed by atoms with Crippen molar-refractivity contribution in [3.8, 4) is 6.07 Å². The van der Waals surface area contributed by atoms with Crippen molar-refractivity contribution in [3.05, 3.63) is 76.3 Å². The molecule has 0 atom stereocenters. The van der Waals surface area contributed by atoms with E-state index in [1.165, 1.54) is 5.56 Å². The highest BCUT2D eigenvalue weighted by molar-refractivity contribution is 6.30. The van der Waals surface area contributed by atoms with Crippen molar-refractivity contribution in [1.29, 1.82) is 5.26 Å². The van der Waals surface area contributed by atoms with Crippen molar-refractivity contribution in [2.45, 2.75) is 26.3 Å². The summed E-state index contributed by atoms with van der Waals surface area (Å²) >= 11 is 6.04. The molecule has 1 aliphatic heterocycles. The monoisotopic (exact) mass is 444 g/mol. The van der Waals surface area contributed by atoms with Crippen LogP contribution in [0.3, 0.4) is 0 Å². The van der Waals surface area contributed by atoms with Crippen LogP contribution in [0.25, 0.3) is 16.7 Å². The van der Waals surface area contributed by atoms with Gasteiger partial charge in [-0.1, -0.05) is 49.2 Å². The molecule has 0 radical (unpaired) electrons. The van der Waals surface area contributed by atoms with E-state index >= 15 is 0 Å². The predicted octanol–water partition coefficient (Wildman–Crippen LogP) is 3.87. The first kappa shape index (κ1) is 20.8. The van der Waals surface area contributed by atoms with E-state index < -0.39 is 0 Å². The van der Waals surface area contributed by atoms with E-state index in [4.69, 9.17) is 16.6 Å². The zero-order chi connectivity index (χ0) is 22.1. The summed E-state index contributed by atoms with van der Waals surface area (Å²) in [5, 5.41) is 10.7. The van der Waals surface area contributed by atoms with E-state index in [0.717, 1.165) is 78.6 Å². The molecule has 6 heteroatoms. The number of halogens is 1. The Kier molecular flexibility index (Phi) is 5.73. The number of aryl methyl sites for hydroxylation is 1. The minimum absolute atomic E-state index is 0.707. The van der Waals surface area contributed by atoms with E-state index in [2.05, 4.69) is 46.6 Å². The Morgan fingerprint density at radius 1 is 1.09 bits per heavy atom. The van der Waals surface area contributed by atoms with E-state index in [1.54, 1.807) is 4.90 Å². The van der Waals surface area contributed by atoms with Gasteiger partial charge in [0.15, 0.2) is 5.65 Å². The number of nitrogens with zero attached hydrogens (tertiary/aromatic N) is 4. The SMILES string of the molecule is CCCc1cc(N2CC[NH+](Cc3ccc(Cl)cc3)CC2)n2c(nc3ccccc32)c1C#N. The molecule has 0 saturated carbocycles. The summed E-state index contributed by atoms with van der Waals surface area (Å²) in [6, 6.07) is 21.0. The van der Waals surface area contributed by atoms with Gasteiger partial charge in [0.25, 0.3) is 0 Å². The molecule has 0 amide bonds. The molecule has 1 saturated heterocycles. The van der Waals surface area contributed by atoms with Crippen molar-refractivity contribution in [2.75, 3.05) is 31.1 Å². The van der Waals surface area contributed by atoms with Crippen molar-refractivity contribution in [2.24, 2.45) is 0 Å². The highest BCUT2D eigenvalue weighted by atomic mass is 35.5. The molecule has 4 aromatic rings. The summed E-state index contributed by atoms with van der Waals surface area (Å²) in [5.74, 6) is 1.15. The van der Waals surface area contributed by atoms with Gasteiger partial charge in [0.2, 0.25) is 0 Å². The first-order valence-corrected chi connectivity index (χ1v) is 11.7. The number of imidazole rings is 1. The number of nitriles is 1. The van der Waals surface area contributed by atoms with Crippen LogP contribution in [-0.4, -0.2) is 35.6 Å². The number of benzene rings is 2. The maximum atomic E-state index is 9.93. The smallest absolute Gasteiger partial charge is 0.157 e. The Bertz CT molecular complexity index is 1290. The summed E-state index contributed by atoms with van der Waals surface area (Å²) in [6.45, 7) is 7.26. The van der Waals surface area contributed by atoms with Crippen molar-refractivity contribution < 1.29 is 4.90 Å². The zero-order valence-electron chi connectivity index (χ0n) is 18.3. The lowest BCUT2D eigenvalue weighted by molar-refractivity contribution is -0.914. The molecule has 5 nitrogen and oxygen atoms in total. The van der Waals surface area contributed by atoms with E-state index in [-0.39, 0.29) is 0 Å². The van der Waals surface area contributed by atoms with Gasteiger partial charge in [-0.15, -0.1) is 0 Å². The number of rotatable bonds is 5. The summed E-state index contributed by atoms with van der Waals surface area (Å²) < 4.78 is 2.19. The van der Waals surface area contributed by atoms with Gasteiger partial charge in [-0.3, -0.25) is 4.40 Å². The van der Waals surface area contributed by atoms with Gasteiger partial charge in [-0.2, -0.15) is 5.26 Å². The highest BCUT2D eigenvalue weighted by Gasteiger charge is 2.25. The molecule has 0 unspecified atom stereocenters. The van der Waals surface area contributed by atoms with Gasteiger partial charge in [-0.25, -0.2) is 4.98 Å². The van der Waals surface area contributed by atoms with Crippen LogP contribution < -0.4 is 9.80 Å². The third-order valence-corrected chi connectivity index (χ3v) is 6.68. The standard InChI is InChI=1S/C26H26ClN5/c1-2-5-20-16-25(32-24-7-4-3-6-23(24)29-26(32)22(20)17-28)31-14-12-30(13-15-31)18-19-8-10-21(27)11-9-19/h3-4,6-11,16H,2,5,12-15,18H2,1H3/p+1. The molecule has 2 aromatic heterocycles. The summed E-state index contributed by atoms with van der Waals surface area (Å²) in [5.41, 5.74) is 5.91. The molecule has 5 rings (SSSR count). The molecule has 32 heavy (non-hydrogen) atoms. The van der Waals surface area contributed by atoms with E-state index in [9.17, 15) is 5.26 Å². The second-order valence-corrected chi connectivity index (χ2v) is 9.00. The third-order valence-electron chi connectivity index (χ3n) is 6.43. The Hall–Kier alpha value is -3.07. The highest BCUT2D eigenvalue weighted by Crippen LogP contribution is 2.29. The van der Waals surface area contributed by atoms with Crippen LogP contribution in [0.1, 0.15) is 30.0 Å². The van der Waals surface area contributed by atoms with Gasteiger partial charge >= 0.3 is 0 Å². The molecule has 3 heterocycles. The first-order chi connectivity index (χ1) is 15.7. The Balaban J connectivity index is 1.48. The molecule has 1 N–H and O–H groups in total. The minimum atomic E-state index is 0.707. The fourth-order valence-corrected chi connectivity index (χ4v) is 4.93. The number of aromatic nitrogens is 2.